The summed E-state index contributed by atoms with van der Waals surface area (Å²) in [4.78, 5) is 12.1. The lowest BCUT2D eigenvalue weighted by Gasteiger charge is -2.42. The van der Waals surface area contributed by atoms with Gasteiger partial charge >= 0.3 is 5.97 Å². The fourth-order valence-corrected chi connectivity index (χ4v) is 5.27. The highest BCUT2D eigenvalue weighted by atomic mass is 16.7. The predicted octanol–water partition coefficient (Wildman–Crippen LogP) is -3.54. The van der Waals surface area contributed by atoms with Crippen molar-refractivity contribution in [1.29, 1.82) is 0 Å². The van der Waals surface area contributed by atoms with Crippen molar-refractivity contribution in [2.45, 2.75) is 87.0 Å². The monoisotopic (exact) mass is 522 g/mol. The van der Waals surface area contributed by atoms with Crippen LogP contribution >= 0.6 is 0 Å². The Bertz CT molecular complexity index is 819. The molecule has 7 N–H and O–H groups in total. The van der Waals surface area contributed by atoms with Gasteiger partial charge in [0.15, 0.2) is 12.6 Å². The molecule has 0 aromatic heterocycles. The van der Waals surface area contributed by atoms with Crippen LogP contribution in [0.1, 0.15) is 19.8 Å². The molecule has 0 bridgehead atoms. The van der Waals surface area contributed by atoms with E-state index in [2.05, 4.69) is 0 Å². The number of esters is 1. The Morgan fingerprint density at radius 3 is 2.17 bits per heavy atom. The second kappa shape index (κ2) is 10.7. The topological polar surface area (TPSA) is 214 Å². The predicted molar refractivity (Wildman–Crippen MR) is 113 cm³/mol. The molecule has 4 aliphatic rings. The quantitative estimate of drug-likeness (QED) is 0.161. The average Bonchev–Trinajstić information content (AvgIpc) is 3.31. The van der Waals surface area contributed by atoms with E-state index in [1.54, 1.807) is 6.92 Å². The number of aliphatic hydroxyl groups is 7. The summed E-state index contributed by atoms with van der Waals surface area (Å²) in [6, 6.07) is 0. The maximum absolute atomic E-state index is 12.1. The third-order valence-corrected chi connectivity index (χ3v) is 7.41. The van der Waals surface area contributed by atoms with Crippen molar-refractivity contribution < 1.29 is 69.0 Å². The van der Waals surface area contributed by atoms with Gasteiger partial charge in [0.1, 0.15) is 42.7 Å². The summed E-state index contributed by atoms with van der Waals surface area (Å²) in [5.74, 6) is -1.57. The summed E-state index contributed by atoms with van der Waals surface area (Å²) in [7, 11) is 1.25. The van der Waals surface area contributed by atoms with E-state index in [1.165, 1.54) is 13.4 Å². The van der Waals surface area contributed by atoms with Crippen LogP contribution in [0.5, 0.6) is 0 Å². The highest BCUT2D eigenvalue weighted by molar-refractivity contribution is 5.89. The maximum Gasteiger partial charge on any atom is 0.337 e. The first kappa shape index (κ1) is 27.6. The van der Waals surface area contributed by atoms with Gasteiger partial charge in [-0.1, -0.05) is 0 Å². The fourth-order valence-electron chi connectivity index (χ4n) is 5.27. The SMILES string of the molecule is COC(=O)C1=CO[C@@H](OC[C@H]2O[C@@H](OC[C@H]3O[C@@H](O)[C@H](O)[C@H]3O)[C@H](O)[C@@H](O)[C@@H]2O)[C@H]2[C@@H]1CC[C@]2(C)O. The van der Waals surface area contributed by atoms with E-state index in [-0.39, 0.29) is 18.1 Å². The lowest BCUT2D eigenvalue weighted by molar-refractivity contribution is -0.316. The molecule has 14 heteroatoms. The van der Waals surface area contributed by atoms with Crippen molar-refractivity contribution in [2.75, 3.05) is 20.3 Å². The number of aliphatic hydroxyl groups excluding tert-OH is 6. The molecule has 0 amide bonds. The minimum Gasteiger partial charge on any atom is -0.472 e. The second-order valence-corrected chi connectivity index (χ2v) is 9.83. The number of hydrogen-bond acceptors (Lipinski definition) is 14. The molecular weight excluding hydrogens is 488 g/mol. The largest absolute Gasteiger partial charge is 0.472 e. The van der Waals surface area contributed by atoms with Gasteiger partial charge in [0.2, 0.25) is 6.29 Å². The van der Waals surface area contributed by atoms with Gasteiger partial charge in [-0.2, -0.15) is 0 Å². The van der Waals surface area contributed by atoms with Gasteiger partial charge in [0.05, 0.1) is 43.7 Å². The zero-order valence-corrected chi connectivity index (χ0v) is 19.8. The fraction of sp³-hybridized carbons (Fsp3) is 0.864. The molecule has 0 aromatic carbocycles. The van der Waals surface area contributed by atoms with Gasteiger partial charge in [0, 0.05) is 5.92 Å². The normalized spacial score (nSPS) is 48.8. The molecule has 1 aliphatic carbocycles. The standard InChI is InChI=1S/C22H34O14/c1-22(30)4-3-8-9(18(28)31-2)5-32-20(12(8)22)33-7-11-13(23)15(25)17(27)21(36-11)34-6-10-14(24)16(26)19(29)35-10/h5,8,10-17,19-21,23-27,29-30H,3-4,6-7H2,1-2H3/t8-,10-,11-,12-,13-,14+,15+,16-,17-,19-,20+,21-,22+/m1/s1. The van der Waals surface area contributed by atoms with Crippen molar-refractivity contribution in [3.63, 3.8) is 0 Å². The third-order valence-electron chi connectivity index (χ3n) is 7.41. The Labute approximate surface area is 206 Å². The van der Waals surface area contributed by atoms with Gasteiger partial charge in [0.25, 0.3) is 0 Å². The molecule has 2 saturated heterocycles. The van der Waals surface area contributed by atoms with Gasteiger partial charge < -0.3 is 64.2 Å². The summed E-state index contributed by atoms with van der Waals surface area (Å²) >= 11 is 0. The van der Waals surface area contributed by atoms with Crippen LogP contribution in [-0.4, -0.2) is 129 Å². The second-order valence-electron chi connectivity index (χ2n) is 9.83. The molecule has 3 fully saturated rings. The number of hydrogen-bond donors (Lipinski definition) is 7. The zero-order valence-electron chi connectivity index (χ0n) is 19.8. The summed E-state index contributed by atoms with van der Waals surface area (Å²) in [5, 5.41) is 70.8. The number of carbonyl (C=O) groups excluding carboxylic acids is 1. The maximum atomic E-state index is 12.1. The lowest BCUT2D eigenvalue weighted by atomic mass is 9.81. The summed E-state index contributed by atoms with van der Waals surface area (Å²) in [5.41, 5.74) is -0.930. The number of fused-ring (bicyclic) bond motifs is 1. The first-order valence-corrected chi connectivity index (χ1v) is 11.7. The van der Waals surface area contributed by atoms with Crippen molar-refractivity contribution >= 4 is 5.97 Å². The molecule has 206 valence electrons. The lowest BCUT2D eigenvalue weighted by Crippen LogP contribution is -2.60. The van der Waals surface area contributed by atoms with Gasteiger partial charge in [-0.05, 0) is 19.8 Å². The Balaban J connectivity index is 1.39. The number of ether oxygens (including phenoxy) is 6. The molecule has 3 heterocycles. The zero-order chi connectivity index (χ0) is 26.4. The molecule has 1 saturated carbocycles. The van der Waals surface area contributed by atoms with E-state index in [9.17, 15) is 40.5 Å². The van der Waals surface area contributed by atoms with E-state index in [4.69, 9.17) is 28.4 Å². The van der Waals surface area contributed by atoms with Gasteiger partial charge in [-0.25, -0.2) is 4.79 Å². The molecule has 0 spiro atoms. The number of methoxy groups -OCH3 is 1. The first-order chi connectivity index (χ1) is 17.0. The molecule has 36 heavy (non-hydrogen) atoms. The minimum atomic E-state index is -1.68. The number of carbonyl (C=O) groups is 1. The molecule has 4 rings (SSSR count). The van der Waals surface area contributed by atoms with Crippen molar-refractivity contribution in [1.82, 2.24) is 0 Å². The summed E-state index contributed by atoms with van der Waals surface area (Å²) in [6.45, 7) is 0.865. The van der Waals surface area contributed by atoms with Crippen LogP contribution in [0, 0.1) is 11.8 Å². The molecule has 0 radical (unpaired) electrons. The van der Waals surface area contributed by atoms with Gasteiger partial charge in [-0.3, -0.25) is 0 Å². The van der Waals surface area contributed by atoms with Crippen LogP contribution in [0.25, 0.3) is 0 Å². The van der Waals surface area contributed by atoms with Crippen LogP contribution in [0.2, 0.25) is 0 Å². The van der Waals surface area contributed by atoms with E-state index < -0.39 is 85.7 Å². The third kappa shape index (κ3) is 5.13. The molecule has 3 aliphatic heterocycles. The summed E-state index contributed by atoms with van der Waals surface area (Å²) in [6.07, 6.45) is -12.2. The van der Waals surface area contributed by atoms with Crippen molar-refractivity contribution in [3.05, 3.63) is 11.8 Å². The van der Waals surface area contributed by atoms with Crippen LogP contribution in [-0.2, 0) is 33.2 Å². The average molecular weight is 523 g/mol. The van der Waals surface area contributed by atoms with Crippen molar-refractivity contribution in [2.24, 2.45) is 11.8 Å². The Kier molecular flexibility index (Phi) is 8.24. The molecule has 14 nitrogen and oxygen atoms in total. The molecule has 0 unspecified atom stereocenters. The van der Waals surface area contributed by atoms with E-state index >= 15 is 0 Å². The minimum absolute atomic E-state index is 0.285. The summed E-state index contributed by atoms with van der Waals surface area (Å²) < 4.78 is 32.2. The van der Waals surface area contributed by atoms with E-state index in [0.717, 1.165) is 0 Å². The Morgan fingerprint density at radius 1 is 0.944 bits per heavy atom. The molecular formula is C22H34O14. The van der Waals surface area contributed by atoms with Gasteiger partial charge in [-0.15, -0.1) is 0 Å². The first-order valence-electron chi connectivity index (χ1n) is 11.7. The Hall–Kier alpha value is -1.43. The molecule has 13 atom stereocenters. The van der Waals surface area contributed by atoms with Crippen LogP contribution in [0.3, 0.4) is 0 Å². The van der Waals surface area contributed by atoms with Crippen LogP contribution in [0.15, 0.2) is 11.8 Å². The van der Waals surface area contributed by atoms with Crippen LogP contribution in [0.4, 0.5) is 0 Å². The smallest absolute Gasteiger partial charge is 0.337 e. The van der Waals surface area contributed by atoms with E-state index in [0.29, 0.717) is 12.8 Å². The Morgan fingerprint density at radius 2 is 1.56 bits per heavy atom. The highest BCUT2D eigenvalue weighted by Crippen LogP contribution is 2.49. The molecule has 0 aromatic rings. The number of rotatable bonds is 7. The van der Waals surface area contributed by atoms with Crippen LogP contribution < -0.4 is 0 Å². The highest BCUT2D eigenvalue weighted by Gasteiger charge is 2.55. The van der Waals surface area contributed by atoms with E-state index in [1.807, 2.05) is 0 Å². The van der Waals surface area contributed by atoms with Crippen molar-refractivity contribution in [3.8, 4) is 0 Å².